The lowest BCUT2D eigenvalue weighted by molar-refractivity contribution is -0.00538. The summed E-state index contributed by atoms with van der Waals surface area (Å²) in [5.41, 5.74) is 0.339. The Kier molecular flexibility index (Phi) is 4.36. The van der Waals surface area contributed by atoms with Crippen molar-refractivity contribution in [2.75, 3.05) is 19.7 Å². The number of aromatic hydroxyl groups is 1. The molecule has 1 saturated heterocycles. The molecule has 25 heavy (non-hydrogen) atoms. The number of aliphatic hydroxyl groups excluding tert-OH is 1. The zero-order valence-corrected chi connectivity index (χ0v) is 14.6. The second kappa shape index (κ2) is 6.52. The van der Waals surface area contributed by atoms with E-state index in [0.717, 1.165) is 32.1 Å². The van der Waals surface area contributed by atoms with Crippen LogP contribution in [0.2, 0.25) is 0 Å². The Balaban J connectivity index is 1.49. The van der Waals surface area contributed by atoms with Crippen LogP contribution in [0.5, 0.6) is 11.5 Å². The number of ether oxygens (including phenoxy) is 1. The van der Waals surface area contributed by atoms with E-state index >= 15 is 0 Å². The molecule has 1 aromatic carbocycles. The standard InChI is InChI=1S/C20H27NO4/c22-16-9-15(10-17(11-16)25-12-14-4-5-14)19(24)21-8-2-7-20(13-21)6-1-3-18(20)23/h9-11,14,18,22-23H,1-8,12-13H2/t18-,20+/m1/s1. The van der Waals surface area contributed by atoms with E-state index in [9.17, 15) is 15.0 Å². The Bertz CT molecular complexity index is 657. The summed E-state index contributed by atoms with van der Waals surface area (Å²) in [7, 11) is 0. The van der Waals surface area contributed by atoms with Gasteiger partial charge in [0.15, 0.2) is 0 Å². The fourth-order valence-corrected chi connectivity index (χ4v) is 4.40. The van der Waals surface area contributed by atoms with Gasteiger partial charge >= 0.3 is 0 Å². The molecule has 3 fully saturated rings. The zero-order valence-electron chi connectivity index (χ0n) is 14.6. The predicted molar refractivity (Wildman–Crippen MR) is 93.8 cm³/mol. The van der Waals surface area contributed by atoms with Crippen molar-refractivity contribution in [3.05, 3.63) is 23.8 Å². The van der Waals surface area contributed by atoms with E-state index in [2.05, 4.69) is 0 Å². The molecule has 4 rings (SSSR count). The summed E-state index contributed by atoms with van der Waals surface area (Å²) >= 11 is 0. The number of phenols is 1. The number of benzene rings is 1. The second-order valence-electron chi connectivity index (χ2n) is 8.07. The number of carbonyl (C=O) groups excluding carboxylic acids is 1. The van der Waals surface area contributed by atoms with Crippen LogP contribution in [0.3, 0.4) is 0 Å². The van der Waals surface area contributed by atoms with Gasteiger partial charge < -0.3 is 19.8 Å². The third kappa shape index (κ3) is 3.47. The molecule has 0 bridgehead atoms. The normalized spacial score (nSPS) is 29.2. The van der Waals surface area contributed by atoms with Crippen molar-refractivity contribution in [2.24, 2.45) is 11.3 Å². The average Bonchev–Trinajstić information content (AvgIpc) is 3.37. The van der Waals surface area contributed by atoms with Crippen LogP contribution in [0, 0.1) is 11.3 Å². The SMILES string of the molecule is O=C(c1cc(O)cc(OCC2CC2)c1)N1CCC[C@@]2(CCC[C@H]2O)C1. The Morgan fingerprint density at radius 2 is 2.00 bits per heavy atom. The minimum atomic E-state index is -0.301. The average molecular weight is 345 g/mol. The molecule has 1 aromatic rings. The van der Waals surface area contributed by atoms with Crippen LogP contribution in [0.25, 0.3) is 0 Å². The molecule has 2 N–H and O–H groups in total. The molecule has 3 aliphatic rings. The molecule has 5 heteroatoms. The molecule has 0 aromatic heterocycles. The molecular formula is C20H27NO4. The van der Waals surface area contributed by atoms with Gasteiger partial charge in [0.2, 0.25) is 0 Å². The lowest BCUT2D eigenvalue weighted by Crippen LogP contribution is -2.49. The van der Waals surface area contributed by atoms with Gasteiger partial charge in [0.05, 0.1) is 12.7 Å². The number of amides is 1. The third-order valence-corrected chi connectivity index (χ3v) is 6.08. The van der Waals surface area contributed by atoms with E-state index in [4.69, 9.17) is 4.74 Å². The summed E-state index contributed by atoms with van der Waals surface area (Å²) in [4.78, 5) is 14.8. The number of piperidine rings is 1. The predicted octanol–water partition coefficient (Wildman–Crippen LogP) is 2.95. The lowest BCUT2D eigenvalue weighted by atomic mass is 9.76. The van der Waals surface area contributed by atoms with Crippen LogP contribution >= 0.6 is 0 Å². The highest BCUT2D eigenvalue weighted by Gasteiger charge is 2.45. The van der Waals surface area contributed by atoms with Crippen molar-refractivity contribution in [3.8, 4) is 11.5 Å². The van der Waals surface area contributed by atoms with E-state index in [-0.39, 0.29) is 23.2 Å². The molecule has 0 unspecified atom stereocenters. The van der Waals surface area contributed by atoms with E-state index in [1.807, 2.05) is 4.90 Å². The maximum atomic E-state index is 13.0. The van der Waals surface area contributed by atoms with Gasteiger partial charge in [-0.2, -0.15) is 0 Å². The third-order valence-electron chi connectivity index (χ3n) is 6.08. The van der Waals surface area contributed by atoms with E-state index in [1.165, 1.54) is 18.9 Å². The van der Waals surface area contributed by atoms with Crippen molar-refractivity contribution in [2.45, 2.75) is 51.0 Å². The molecule has 1 amide bonds. The number of phenolic OH excluding ortho intramolecular Hbond substituents is 1. The molecule has 1 heterocycles. The van der Waals surface area contributed by atoms with Crippen LogP contribution in [0.1, 0.15) is 55.3 Å². The summed E-state index contributed by atoms with van der Waals surface area (Å²) in [6, 6.07) is 4.81. The van der Waals surface area contributed by atoms with Crippen molar-refractivity contribution < 1.29 is 19.7 Å². The quantitative estimate of drug-likeness (QED) is 0.880. The van der Waals surface area contributed by atoms with Crippen LogP contribution in [-0.2, 0) is 0 Å². The van der Waals surface area contributed by atoms with Gasteiger partial charge in [-0.3, -0.25) is 4.79 Å². The maximum Gasteiger partial charge on any atom is 0.254 e. The van der Waals surface area contributed by atoms with Gasteiger partial charge in [0.1, 0.15) is 11.5 Å². The first-order valence-corrected chi connectivity index (χ1v) is 9.50. The van der Waals surface area contributed by atoms with Crippen LogP contribution in [0.4, 0.5) is 0 Å². The maximum absolute atomic E-state index is 13.0. The Morgan fingerprint density at radius 1 is 1.20 bits per heavy atom. The molecule has 2 saturated carbocycles. The van der Waals surface area contributed by atoms with Crippen molar-refractivity contribution >= 4 is 5.91 Å². The summed E-state index contributed by atoms with van der Waals surface area (Å²) in [5, 5.41) is 20.4. The number of aliphatic hydroxyl groups is 1. The minimum Gasteiger partial charge on any atom is -0.508 e. The minimum absolute atomic E-state index is 0.0595. The molecule has 1 aliphatic heterocycles. The van der Waals surface area contributed by atoms with Crippen LogP contribution in [0.15, 0.2) is 18.2 Å². The van der Waals surface area contributed by atoms with Crippen LogP contribution < -0.4 is 4.74 Å². The molecular weight excluding hydrogens is 318 g/mol. The summed E-state index contributed by atoms with van der Waals surface area (Å²) in [6.07, 6.45) is 6.88. The number of rotatable bonds is 4. The van der Waals surface area contributed by atoms with Gasteiger partial charge in [0, 0.05) is 30.1 Å². The van der Waals surface area contributed by atoms with Gasteiger partial charge in [0.25, 0.3) is 5.91 Å². The first-order chi connectivity index (χ1) is 12.1. The number of hydrogen-bond donors (Lipinski definition) is 2. The molecule has 136 valence electrons. The first-order valence-electron chi connectivity index (χ1n) is 9.50. The Labute approximate surface area is 148 Å². The number of carbonyl (C=O) groups is 1. The molecule has 2 atom stereocenters. The highest BCUT2D eigenvalue weighted by Crippen LogP contribution is 2.45. The van der Waals surface area contributed by atoms with Crippen molar-refractivity contribution in [3.63, 3.8) is 0 Å². The zero-order chi connectivity index (χ0) is 17.4. The van der Waals surface area contributed by atoms with E-state index in [0.29, 0.717) is 36.9 Å². The van der Waals surface area contributed by atoms with Gasteiger partial charge in [-0.1, -0.05) is 6.42 Å². The smallest absolute Gasteiger partial charge is 0.254 e. The Hall–Kier alpha value is -1.75. The van der Waals surface area contributed by atoms with Gasteiger partial charge in [-0.15, -0.1) is 0 Å². The number of hydrogen-bond acceptors (Lipinski definition) is 4. The molecule has 2 aliphatic carbocycles. The first kappa shape index (κ1) is 16.7. The summed E-state index contributed by atoms with van der Waals surface area (Å²) < 4.78 is 5.73. The number of nitrogens with zero attached hydrogens (tertiary/aromatic N) is 1. The van der Waals surface area contributed by atoms with E-state index < -0.39 is 0 Å². The van der Waals surface area contributed by atoms with Crippen LogP contribution in [-0.4, -0.2) is 46.8 Å². The number of likely N-dealkylation sites (tertiary alicyclic amines) is 1. The van der Waals surface area contributed by atoms with Gasteiger partial charge in [-0.25, -0.2) is 0 Å². The van der Waals surface area contributed by atoms with Crippen molar-refractivity contribution in [1.29, 1.82) is 0 Å². The molecule has 5 nitrogen and oxygen atoms in total. The second-order valence-corrected chi connectivity index (χ2v) is 8.07. The van der Waals surface area contributed by atoms with Gasteiger partial charge in [-0.05, 0) is 56.6 Å². The highest BCUT2D eigenvalue weighted by molar-refractivity contribution is 5.95. The molecule has 1 spiro atoms. The topological polar surface area (TPSA) is 70.0 Å². The Morgan fingerprint density at radius 3 is 2.72 bits per heavy atom. The molecule has 0 radical (unpaired) electrons. The summed E-state index contributed by atoms with van der Waals surface area (Å²) in [6.45, 7) is 1.97. The fraction of sp³-hybridized carbons (Fsp3) is 0.650. The highest BCUT2D eigenvalue weighted by atomic mass is 16.5. The lowest BCUT2D eigenvalue weighted by Gasteiger charge is -2.42. The van der Waals surface area contributed by atoms with Crippen molar-refractivity contribution in [1.82, 2.24) is 4.90 Å². The van der Waals surface area contributed by atoms with E-state index in [1.54, 1.807) is 12.1 Å². The monoisotopic (exact) mass is 345 g/mol. The summed E-state index contributed by atoms with van der Waals surface area (Å²) in [5.74, 6) is 1.16. The largest absolute Gasteiger partial charge is 0.508 e. The fourth-order valence-electron chi connectivity index (χ4n) is 4.40.